The van der Waals surface area contributed by atoms with Crippen LogP contribution in [-0.2, 0) is 6.42 Å². The highest BCUT2D eigenvalue weighted by Gasteiger charge is 2.11. The molecule has 0 saturated heterocycles. The third kappa shape index (κ3) is 3.14. The molecule has 0 saturated carbocycles. The molecule has 2 aromatic rings. The number of halogens is 1. The molecule has 0 atom stereocenters. The van der Waals surface area contributed by atoms with Crippen LogP contribution in [0.25, 0.3) is 0 Å². The number of benzene rings is 1. The van der Waals surface area contributed by atoms with Crippen LogP contribution in [0.3, 0.4) is 0 Å². The summed E-state index contributed by atoms with van der Waals surface area (Å²) in [5.41, 5.74) is 6.71. The monoisotopic (exact) mass is 323 g/mol. The maximum absolute atomic E-state index is 5.71. The van der Waals surface area contributed by atoms with Crippen molar-refractivity contribution in [2.45, 2.75) is 13.3 Å². The number of anilines is 1. The topological polar surface area (TPSA) is 70.3 Å². The summed E-state index contributed by atoms with van der Waals surface area (Å²) in [6.07, 6.45) is 2.48. The molecule has 5 nitrogen and oxygen atoms in total. The number of hydrogen-bond acceptors (Lipinski definition) is 5. The number of rotatable bonds is 4. The molecule has 0 aliphatic rings. The van der Waals surface area contributed by atoms with Gasteiger partial charge in [-0.1, -0.05) is 13.0 Å². The molecule has 0 spiro atoms. The highest BCUT2D eigenvalue weighted by atomic mass is 79.9. The molecule has 0 aliphatic heterocycles. The Labute approximate surface area is 119 Å². The Morgan fingerprint density at radius 3 is 2.79 bits per heavy atom. The largest absolute Gasteiger partial charge is 0.493 e. The third-order valence-corrected chi connectivity index (χ3v) is 3.12. The Morgan fingerprint density at radius 1 is 1.32 bits per heavy atom. The van der Waals surface area contributed by atoms with Gasteiger partial charge >= 0.3 is 0 Å². The molecule has 1 aromatic heterocycles. The van der Waals surface area contributed by atoms with Crippen molar-refractivity contribution in [3.05, 3.63) is 34.4 Å². The lowest BCUT2D eigenvalue weighted by atomic mass is 10.1. The second-order valence-electron chi connectivity index (χ2n) is 3.82. The molecular weight excluding hydrogens is 310 g/mol. The van der Waals surface area contributed by atoms with Crippen molar-refractivity contribution in [1.29, 1.82) is 0 Å². The summed E-state index contributed by atoms with van der Waals surface area (Å²) in [4.78, 5) is 7.89. The van der Waals surface area contributed by atoms with E-state index in [1.54, 1.807) is 13.3 Å². The number of aryl methyl sites for hydroxylation is 1. The van der Waals surface area contributed by atoms with E-state index in [0.29, 0.717) is 21.9 Å². The van der Waals surface area contributed by atoms with E-state index >= 15 is 0 Å². The van der Waals surface area contributed by atoms with Gasteiger partial charge in [-0.2, -0.15) is 4.98 Å². The van der Waals surface area contributed by atoms with E-state index in [-0.39, 0.29) is 5.95 Å². The maximum atomic E-state index is 5.71. The van der Waals surface area contributed by atoms with Crippen molar-refractivity contribution in [2.24, 2.45) is 0 Å². The molecular formula is C13H14BrN3O2. The number of nitrogen functional groups attached to an aromatic ring is 1. The van der Waals surface area contributed by atoms with Gasteiger partial charge in [0.1, 0.15) is 0 Å². The van der Waals surface area contributed by atoms with Crippen LogP contribution in [-0.4, -0.2) is 17.1 Å². The molecule has 2 rings (SSSR count). The zero-order valence-corrected chi connectivity index (χ0v) is 12.3. The number of hydrogen-bond donors (Lipinski definition) is 1. The van der Waals surface area contributed by atoms with Crippen LogP contribution in [0.4, 0.5) is 5.95 Å². The standard InChI is InChI=1S/C13H14BrN3O2/c1-3-8-4-5-10(11(6-8)18-2)19-12-9(14)7-16-13(15)17-12/h4-7H,3H2,1-2H3,(H2,15,16,17). The smallest absolute Gasteiger partial charge is 0.238 e. The highest BCUT2D eigenvalue weighted by Crippen LogP contribution is 2.34. The molecule has 0 unspecified atom stereocenters. The Kier molecular flexibility index (Phi) is 4.21. The normalized spacial score (nSPS) is 10.3. The number of nitrogens with two attached hydrogens (primary N) is 1. The van der Waals surface area contributed by atoms with Gasteiger partial charge < -0.3 is 15.2 Å². The van der Waals surface area contributed by atoms with Gasteiger partial charge in [0, 0.05) is 0 Å². The lowest BCUT2D eigenvalue weighted by Crippen LogP contribution is -1.98. The van der Waals surface area contributed by atoms with Crippen molar-refractivity contribution in [3.63, 3.8) is 0 Å². The molecule has 0 bridgehead atoms. The lowest BCUT2D eigenvalue weighted by molar-refractivity contribution is 0.372. The first-order valence-electron chi connectivity index (χ1n) is 5.76. The molecule has 19 heavy (non-hydrogen) atoms. The van der Waals surface area contributed by atoms with Crippen molar-refractivity contribution in [3.8, 4) is 17.4 Å². The summed E-state index contributed by atoms with van der Waals surface area (Å²) in [5, 5.41) is 0. The lowest BCUT2D eigenvalue weighted by Gasteiger charge is -2.11. The van der Waals surface area contributed by atoms with Gasteiger partial charge in [0.25, 0.3) is 0 Å². The minimum absolute atomic E-state index is 0.155. The van der Waals surface area contributed by atoms with Crippen molar-refractivity contribution < 1.29 is 9.47 Å². The fourth-order valence-electron chi connectivity index (χ4n) is 1.56. The number of methoxy groups -OCH3 is 1. The summed E-state index contributed by atoms with van der Waals surface area (Å²) < 4.78 is 11.7. The molecule has 1 aromatic carbocycles. The zero-order chi connectivity index (χ0) is 13.8. The molecule has 1 heterocycles. The maximum Gasteiger partial charge on any atom is 0.238 e. The predicted molar refractivity (Wildman–Crippen MR) is 76.6 cm³/mol. The van der Waals surface area contributed by atoms with Crippen LogP contribution in [0.15, 0.2) is 28.9 Å². The van der Waals surface area contributed by atoms with Gasteiger partial charge in [-0.05, 0) is 40.0 Å². The Balaban J connectivity index is 2.35. The Morgan fingerprint density at radius 2 is 2.11 bits per heavy atom. The number of nitrogens with zero attached hydrogens (tertiary/aromatic N) is 2. The average molecular weight is 324 g/mol. The van der Waals surface area contributed by atoms with Crippen LogP contribution >= 0.6 is 15.9 Å². The van der Waals surface area contributed by atoms with Crippen molar-refractivity contribution in [1.82, 2.24) is 9.97 Å². The van der Waals surface area contributed by atoms with Crippen molar-refractivity contribution >= 4 is 21.9 Å². The van der Waals surface area contributed by atoms with E-state index in [0.717, 1.165) is 6.42 Å². The number of aromatic nitrogens is 2. The van der Waals surface area contributed by atoms with Gasteiger partial charge in [-0.15, -0.1) is 0 Å². The highest BCUT2D eigenvalue weighted by molar-refractivity contribution is 9.10. The minimum atomic E-state index is 0.155. The Hall–Kier alpha value is -1.82. The van der Waals surface area contributed by atoms with Gasteiger partial charge in [0.05, 0.1) is 17.8 Å². The fourth-order valence-corrected chi connectivity index (χ4v) is 1.83. The summed E-state index contributed by atoms with van der Waals surface area (Å²) in [5.74, 6) is 1.75. The zero-order valence-electron chi connectivity index (χ0n) is 10.7. The van der Waals surface area contributed by atoms with Crippen LogP contribution in [0.5, 0.6) is 17.4 Å². The summed E-state index contributed by atoms with van der Waals surface area (Å²) in [7, 11) is 1.60. The quantitative estimate of drug-likeness (QED) is 0.935. The van der Waals surface area contributed by atoms with Gasteiger partial charge in [0.2, 0.25) is 11.8 Å². The Bertz CT molecular complexity index is 590. The minimum Gasteiger partial charge on any atom is -0.493 e. The van der Waals surface area contributed by atoms with E-state index in [4.69, 9.17) is 15.2 Å². The first-order chi connectivity index (χ1) is 9.13. The first kappa shape index (κ1) is 13.6. The van der Waals surface area contributed by atoms with Gasteiger partial charge in [0.15, 0.2) is 11.5 Å². The SMILES string of the molecule is CCc1ccc(Oc2nc(N)ncc2Br)c(OC)c1. The fraction of sp³-hybridized carbons (Fsp3) is 0.231. The summed E-state index contributed by atoms with van der Waals surface area (Å²) >= 11 is 3.32. The molecule has 100 valence electrons. The van der Waals surface area contributed by atoms with Crippen LogP contribution in [0.2, 0.25) is 0 Å². The second-order valence-corrected chi connectivity index (χ2v) is 4.68. The molecule has 0 radical (unpaired) electrons. The van der Waals surface area contributed by atoms with Crippen LogP contribution in [0.1, 0.15) is 12.5 Å². The van der Waals surface area contributed by atoms with E-state index in [1.807, 2.05) is 18.2 Å². The van der Waals surface area contributed by atoms with Gasteiger partial charge in [-0.25, -0.2) is 4.98 Å². The second kappa shape index (κ2) is 5.88. The first-order valence-corrected chi connectivity index (χ1v) is 6.56. The van der Waals surface area contributed by atoms with Crippen molar-refractivity contribution in [2.75, 3.05) is 12.8 Å². The summed E-state index contributed by atoms with van der Waals surface area (Å²) in [6.45, 7) is 2.08. The predicted octanol–water partition coefficient (Wildman–Crippen LogP) is 3.18. The summed E-state index contributed by atoms with van der Waals surface area (Å²) in [6, 6.07) is 5.77. The van der Waals surface area contributed by atoms with Crippen LogP contribution < -0.4 is 15.2 Å². The third-order valence-electron chi connectivity index (χ3n) is 2.57. The molecule has 0 amide bonds. The van der Waals surface area contributed by atoms with E-state index in [2.05, 4.69) is 32.8 Å². The molecule has 6 heteroatoms. The van der Waals surface area contributed by atoms with Gasteiger partial charge in [-0.3, -0.25) is 0 Å². The molecule has 0 aliphatic carbocycles. The molecule has 2 N–H and O–H groups in total. The van der Waals surface area contributed by atoms with Crippen LogP contribution in [0, 0.1) is 0 Å². The molecule has 0 fully saturated rings. The number of ether oxygens (including phenoxy) is 2. The van der Waals surface area contributed by atoms with E-state index in [9.17, 15) is 0 Å². The van der Waals surface area contributed by atoms with E-state index < -0.39 is 0 Å². The average Bonchev–Trinajstić information content (AvgIpc) is 2.43. The van der Waals surface area contributed by atoms with E-state index in [1.165, 1.54) is 5.56 Å².